The number of rotatable bonds is 9. The second-order valence-electron chi connectivity index (χ2n) is 7.59. The maximum absolute atomic E-state index is 13.3. The Hall–Kier alpha value is -1.75. The highest BCUT2D eigenvalue weighted by Crippen LogP contribution is 2.25. The molecule has 162 valence electrons. The number of hydrogen-bond donors (Lipinski definition) is 1. The van der Waals surface area contributed by atoms with E-state index in [0.29, 0.717) is 39.5 Å². The van der Waals surface area contributed by atoms with E-state index in [-0.39, 0.29) is 24.8 Å². The van der Waals surface area contributed by atoms with Gasteiger partial charge in [-0.3, -0.25) is 9.59 Å². The second kappa shape index (κ2) is 11.6. The molecule has 0 bridgehead atoms. The lowest BCUT2D eigenvalue weighted by atomic mass is 10.1. The lowest BCUT2D eigenvalue weighted by molar-refractivity contribution is -0.141. The topological polar surface area (TPSA) is 49.4 Å². The Morgan fingerprint density at radius 3 is 2.30 bits per heavy atom. The number of halogens is 3. The number of nitrogens with zero attached hydrogens (tertiary/aromatic N) is 1. The van der Waals surface area contributed by atoms with Gasteiger partial charge in [-0.25, -0.2) is 0 Å². The molecule has 0 fully saturated rings. The van der Waals surface area contributed by atoms with Gasteiger partial charge in [-0.05, 0) is 41.7 Å². The van der Waals surface area contributed by atoms with Crippen LogP contribution in [0.15, 0.2) is 42.5 Å². The minimum Gasteiger partial charge on any atom is -0.354 e. The van der Waals surface area contributed by atoms with Crippen LogP contribution in [0.25, 0.3) is 0 Å². The van der Waals surface area contributed by atoms with Gasteiger partial charge in [0.15, 0.2) is 0 Å². The van der Waals surface area contributed by atoms with Gasteiger partial charge in [0, 0.05) is 28.2 Å². The first-order valence-electron chi connectivity index (χ1n) is 9.97. The molecule has 0 saturated carbocycles. The fourth-order valence-electron chi connectivity index (χ4n) is 3.08. The van der Waals surface area contributed by atoms with Gasteiger partial charge in [-0.2, -0.15) is 0 Å². The Morgan fingerprint density at radius 2 is 1.70 bits per heavy atom. The Balaban J connectivity index is 2.33. The van der Waals surface area contributed by atoms with Gasteiger partial charge in [0.1, 0.15) is 6.04 Å². The molecule has 0 aromatic heterocycles. The summed E-state index contributed by atoms with van der Waals surface area (Å²) in [6.07, 6.45) is 0.572. The second-order valence-corrected chi connectivity index (χ2v) is 8.84. The summed E-state index contributed by atoms with van der Waals surface area (Å²) in [5, 5.41) is 4.43. The summed E-state index contributed by atoms with van der Waals surface area (Å²) in [5.41, 5.74) is 1.44. The first kappa shape index (κ1) is 24.5. The molecule has 0 radical (unpaired) electrons. The predicted octanol–water partition coefficient (Wildman–Crippen LogP) is 5.77. The van der Waals surface area contributed by atoms with Crippen LogP contribution in [0.5, 0.6) is 0 Å². The van der Waals surface area contributed by atoms with Crippen molar-refractivity contribution in [3.05, 3.63) is 68.7 Å². The summed E-state index contributed by atoms with van der Waals surface area (Å²) in [6, 6.07) is 11.7. The van der Waals surface area contributed by atoms with Crippen LogP contribution >= 0.6 is 34.8 Å². The van der Waals surface area contributed by atoms with Crippen LogP contribution in [0.4, 0.5) is 0 Å². The van der Waals surface area contributed by atoms with E-state index in [0.717, 1.165) is 5.56 Å². The molecule has 0 aliphatic carbocycles. The summed E-state index contributed by atoms with van der Waals surface area (Å²) in [7, 11) is 0. The zero-order valence-electron chi connectivity index (χ0n) is 17.4. The third-order valence-corrected chi connectivity index (χ3v) is 5.68. The van der Waals surface area contributed by atoms with Crippen molar-refractivity contribution in [1.29, 1.82) is 0 Å². The Labute approximate surface area is 193 Å². The van der Waals surface area contributed by atoms with Crippen molar-refractivity contribution < 1.29 is 9.59 Å². The molecule has 0 heterocycles. The lowest BCUT2D eigenvalue weighted by Crippen LogP contribution is -2.50. The Kier molecular flexibility index (Phi) is 9.47. The summed E-state index contributed by atoms with van der Waals surface area (Å²) < 4.78 is 0. The molecule has 30 heavy (non-hydrogen) atoms. The highest BCUT2D eigenvalue weighted by molar-refractivity contribution is 6.35. The normalized spacial score (nSPS) is 12.0. The van der Waals surface area contributed by atoms with Crippen LogP contribution in [0.3, 0.4) is 0 Å². The fraction of sp³-hybridized carbons (Fsp3) is 0.391. The SMILES string of the molecule is CC[C@H](C(=O)NCC(C)C)N(Cc1ccc(Cl)cc1Cl)C(=O)Cc1ccccc1Cl. The molecule has 1 atom stereocenters. The third kappa shape index (κ3) is 6.90. The molecule has 0 saturated heterocycles. The average Bonchev–Trinajstić information content (AvgIpc) is 2.69. The van der Waals surface area contributed by atoms with Crippen LogP contribution < -0.4 is 5.32 Å². The predicted molar refractivity (Wildman–Crippen MR) is 124 cm³/mol. The van der Waals surface area contributed by atoms with Crippen molar-refractivity contribution in [3.8, 4) is 0 Å². The van der Waals surface area contributed by atoms with Crippen molar-refractivity contribution in [2.45, 2.75) is 46.2 Å². The van der Waals surface area contributed by atoms with Crippen molar-refractivity contribution >= 4 is 46.6 Å². The minimum atomic E-state index is -0.620. The first-order chi connectivity index (χ1) is 14.2. The molecule has 0 aliphatic rings. The smallest absolute Gasteiger partial charge is 0.242 e. The van der Waals surface area contributed by atoms with Crippen molar-refractivity contribution in [2.75, 3.05) is 6.54 Å². The molecule has 2 aromatic carbocycles. The zero-order chi connectivity index (χ0) is 22.3. The van der Waals surface area contributed by atoms with Crippen LogP contribution in [-0.4, -0.2) is 29.3 Å². The van der Waals surface area contributed by atoms with Gasteiger partial charge in [0.05, 0.1) is 6.42 Å². The average molecular weight is 470 g/mol. The highest BCUT2D eigenvalue weighted by atomic mass is 35.5. The number of amides is 2. The molecule has 2 rings (SSSR count). The number of nitrogens with one attached hydrogen (secondary N) is 1. The number of carbonyl (C=O) groups is 2. The first-order valence-corrected chi connectivity index (χ1v) is 11.1. The van der Waals surface area contributed by atoms with E-state index in [1.807, 2.05) is 39.0 Å². The van der Waals surface area contributed by atoms with Crippen LogP contribution in [-0.2, 0) is 22.6 Å². The third-order valence-electron chi connectivity index (χ3n) is 4.73. The van der Waals surface area contributed by atoms with Gasteiger partial charge in [0.25, 0.3) is 0 Å². The van der Waals surface area contributed by atoms with Crippen molar-refractivity contribution in [3.63, 3.8) is 0 Å². The Morgan fingerprint density at radius 1 is 1.00 bits per heavy atom. The molecule has 7 heteroatoms. The van der Waals surface area contributed by atoms with Gasteiger partial charge in [-0.1, -0.05) is 79.8 Å². The fourth-order valence-corrected chi connectivity index (χ4v) is 3.75. The number of benzene rings is 2. The standard InChI is InChI=1S/C23H27Cl3N2O2/c1-4-21(23(30)27-13-15(2)3)28(14-17-9-10-18(24)12-20(17)26)22(29)11-16-7-5-6-8-19(16)25/h5-10,12,15,21H,4,11,13-14H2,1-3H3,(H,27,30)/t21-/m1/s1. The molecule has 1 N–H and O–H groups in total. The summed E-state index contributed by atoms with van der Waals surface area (Å²) in [4.78, 5) is 27.8. The molecule has 0 spiro atoms. The van der Waals surface area contributed by atoms with Crippen LogP contribution in [0.2, 0.25) is 15.1 Å². The van der Waals surface area contributed by atoms with E-state index in [9.17, 15) is 9.59 Å². The molecule has 0 unspecified atom stereocenters. The van der Waals surface area contributed by atoms with Crippen LogP contribution in [0, 0.1) is 5.92 Å². The summed E-state index contributed by atoms with van der Waals surface area (Å²) in [5.74, 6) is -0.0612. The van der Waals surface area contributed by atoms with E-state index in [4.69, 9.17) is 34.8 Å². The van der Waals surface area contributed by atoms with E-state index in [1.54, 1.807) is 29.2 Å². The van der Waals surface area contributed by atoms with Crippen LogP contribution in [0.1, 0.15) is 38.3 Å². The van der Waals surface area contributed by atoms with Gasteiger partial charge in [0.2, 0.25) is 11.8 Å². The lowest BCUT2D eigenvalue weighted by Gasteiger charge is -2.31. The van der Waals surface area contributed by atoms with E-state index < -0.39 is 6.04 Å². The van der Waals surface area contributed by atoms with Crippen molar-refractivity contribution in [1.82, 2.24) is 10.2 Å². The molecular weight excluding hydrogens is 443 g/mol. The zero-order valence-corrected chi connectivity index (χ0v) is 19.7. The molecule has 0 aliphatic heterocycles. The molecule has 2 amide bonds. The number of carbonyl (C=O) groups excluding carboxylic acids is 2. The highest BCUT2D eigenvalue weighted by Gasteiger charge is 2.29. The van der Waals surface area contributed by atoms with Gasteiger partial charge in [-0.15, -0.1) is 0 Å². The summed E-state index contributed by atoms with van der Waals surface area (Å²) >= 11 is 18.6. The maximum Gasteiger partial charge on any atom is 0.242 e. The van der Waals surface area contributed by atoms with E-state index in [1.165, 1.54) is 0 Å². The largest absolute Gasteiger partial charge is 0.354 e. The van der Waals surface area contributed by atoms with E-state index in [2.05, 4.69) is 5.32 Å². The summed E-state index contributed by atoms with van der Waals surface area (Å²) in [6.45, 7) is 6.68. The number of hydrogen-bond acceptors (Lipinski definition) is 2. The maximum atomic E-state index is 13.3. The molecule has 2 aromatic rings. The molecule has 4 nitrogen and oxygen atoms in total. The molecular formula is C23H27Cl3N2O2. The van der Waals surface area contributed by atoms with E-state index >= 15 is 0 Å². The van der Waals surface area contributed by atoms with Crippen molar-refractivity contribution in [2.24, 2.45) is 5.92 Å². The Bertz CT molecular complexity index is 887. The minimum absolute atomic E-state index is 0.0961. The van der Waals surface area contributed by atoms with Gasteiger partial charge >= 0.3 is 0 Å². The monoisotopic (exact) mass is 468 g/mol. The quantitative estimate of drug-likeness (QED) is 0.507. The van der Waals surface area contributed by atoms with Gasteiger partial charge < -0.3 is 10.2 Å².